The molecule has 1 aromatic heterocycles. The van der Waals surface area contributed by atoms with Crippen molar-refractivity contribution >= 4 is 39.3 Å². The number of pyridine rings is 1. The largest absolute Gasteiger partial charge is 0.444 e. The summed E-state index contributed by atoms with van der Waals surface area (Å²) in [6, 6.07) is 1.54. The second-order valence-electron chi connectivity index (χ2n) is 4.11. The van der Waals surface area contributed by atoms with Crippen LogP contribution in [-0.2, 0) is 4.74 Å². The molecule has 4 nitrogen and oxygen atoms in total. The molecule has 0 saturated carbocycles. The second kappa shape index (κ2) is 5.01. The maximum atomic E-state index is 11.5. The number of aromatic nitrogens is 1. The van der Waals surface area contributed by atoms with Crippen LogP contribution in [0.4, 0.5) is 10.5 Å². The van der Waals surface area contributed by atoms with Crippen molar-refractivity contribution in [1.82, 2.24) is 4.98 Å². The Kier molecular flexibility index (Phi) is 4.15. The number of anilines is 1. The van der Waals surface area contributed by atoms with Crippen LogP contribution in [0.2, 0.25) is 5.15 Å². The first kappa shape index (κ1) is 13.3. The summed E-state index contributed by atoms with van der Waals surface area (Å²) in [5, 5.41) is 2.88. The SMILES string of the molecule is CC(C)(C)OC(=O)Nc1cc(Cl)ncc1Br. The molecule has 1 aromatic rings. The minimum atomic E-state index is -0.534. The smallest absolute Gasteiger partial charge is 0.412 e. The van der Waals surface area contributed by atoms with Crippen LogP contribution in [0.3, 0.4) is 0 Å². The number of ether oxygens (including phenoxy) is 1. The molecule has 0 atom stereocenters. The molecule has 0 bridgehead atoms. The van der Waals surface area contributed by atoms with E-state index in [1.165, 1.54) is 12.3 Å². The molecule has 16 heavy (non-hydrogen) atoms. The van der Waals surface area contributed by atoms with Gasteiger partial charge in [0.15, 0.2) is 0 Å². The Bertz CT molecular complexity index is 404. The molecule has 0 radical (unpaired) electrons. The van der Waals surface area contributed by atoms with Gasteiger partial charge in [-0.1, -0.05) is 11.6 Å². The van der Waals surface area contributed by atoms with Crippen LogP contribution in [-0.4, -0.2) is 16.7 Å². The molecule has 0 saturated heterocycles. The van der Waals surface area contributed by atoms with E-state index in [4.69, 9.17) is 16.3 Å². The van der Waals surface area contributed by atoms with Crippen LogP contribution in [0.25, 0.3) is 0 Å². The minimum absolute atomic E-state index is 0.300. The van der Waals surface area contributed by atoms with Crippen LogP contribution in [0, 0.1) is 0 Å². The molecule has 1 amide bonds. The highest BCUT2D eigenvalue weighted by molar-refractivity contribution is 9.10. The number of hydrogen-bond donors (Lipinski definition) is 1. The van der Waals surface area contributed by atoms with Crippen molar-refractivity contribution in [3.63, 3.8) is 0 Å². The van der Waals surface area contributed by atoms with E-state index in [0.29, 0.717) is 15.3 Å². The van der Waals surface area contributed by atoms with E-state index >= 15 is 0 Å². The van der Waals surface area contributed by atoms with Crippen molar-refractivity contribution in [2.75, 3.05) is 5.32 Å². The van der Waals surface area contributed by atoms with Gasteiger partial charge >= 0.3 is 6.09 Å². The number of hydrogen-bond acceptors (Lipinski definition) is 3. The third-order valence-electron chi connectivity index (χ3n) is 1.46. The lowest BCUT2D eigenvalue weighted by Crippen LogP contribution is -2.27. The number of rotatable bonds is 1. The predicted molar refractivity (Wildman–Crippen MR) is 66.8 cm³/mol. The van der Waals surface area contributed by atoms with Crippen molar-refractivity contribution in [3.8, 4) is 0 Å². The number of carbonyl (C=O) groups is 1. The summed E-state index contributed by atoms with van der Waals surface area (Å²) in [6.07, 6.45) is 0.977. The lowest BCUT2D eigenvalue weighted by molar-refractivity contribution is 0.0636. The van der Waals surface area contributed by atoms with E-state index in [0.717, 1.165) is 0 Å². The third-order valence-corrected chi connectivity index (χ3v) is 2.30. The van der Waals surface area contributed by atoms with Gasteiger partial charge in [-0.05, 0) is 36.7 Å². The topological polar surface area (TPSA) is 51.2 Å². The van der Waals surface area contributed by atoms with Crippen LogP contribution >= 0.6 is 27.5 Å². The Morgan fingerprint density at radius 1 is 1.56 bits per heavy atom. The molecule has 0 aliphatic rings. The Morgan fingerprint density at radius 3 is 2.75 bits per heavy atom. The van der Waals surface area contributed by atoms with Gasteiger partial charge in [-0.2, -0.15) is 0 Å². The molecule has 0 aliphatic heterocycles. The molecular formula is C10H12BrClN2O2. The molecule has 1 heterocycles. The number of carbonyl (C=O) groups excluding carboxylic acids is 1. The molecule has 0 unspecified atom stereocenters. The highest BCUT2D eigenvalue weighted by Crippen LogP contribution is 2.24. The van der Waals surface area contributed by atoms with Gasteiger partial charge in [0.2, 0.25) is 0 Å². The fourth-order valence-corrected chi connectivity index (χ4v) is 1.40. The van der Waals surface area contributed by atoms with Gasteiger partial charge in [-0.25, -0.2) is 9.78 Å². The average Bonchev–Trinajstić information content (AvgIpc) is 2.08. The second-order valence-corrected chi connectivity index (χ2v) is 5.36. The minimum Gasteiger partial charge on any atom is -0.444 e. The van der Waals surface area contributed by atoms with Gasteiger partial charge in [0.05, 0.1) is 10.2 Å². The molecule has 6 heteroatoms. The fourth-order valence-electron chi connectivity index (χ4n) is 0.923. The summed E-state index contributed by atoms with van der Waals surface area (Å²) in [5.74, 6) is 0. The Hall–Kier alpha value is -0.810. The first-order valence-corrected chi connectivity index (χ1v) is 5.76. The van der Waals surface area contributed by atoms with Crippen molar-refractivity contribution in [2.45, 2.75) is 26.4 Å². The molecule has 0 spiro atoms. The van der Waals surface area contributed by atoms with Gasteiger partial charge in [-0.3, -0.25) is 5.32 Å². The lowest BCUT2D eigenvalue weighted by Gasteiger charge is -2.19. The van der Waals surface area contributed by atoms with Gasteiger partial charge in [0.1, 0.15) is 10.8 Å². The Labute approximate surface area is 107 Å². The van der Waals surface area contributed by atoms with Crippen molar-refractivity contribution < 1.29 is 9.53 Å². The zero-order valence-corrected chi connectivity index (χ0v) is 11.5. The first-order valence-electron chi connectivity index (χ1n) is 4.59. The maximum Gasteiger partial charge on any atom is 0.412 e. The Balaban J connectivity index is 2.73. The van der Waals surface area contributed by atoms with E-state index in [2.05, 4.69) is 26.2 Å². The highest BCUT2D eigenvalue weighted by atomic mass is 79.9. The average molecular weight is 308 g/mol. The monoisotopic (exact) mass is 306 g/mol. The number of amides is 1. The number of nitrogens with one attached hydrogen (secondary N) is 1. The molecule has 0 aromatic carbocycles. The van der Waals surface area contributed by atoms with Crippen LogP contribution in [0.5, 0.6) is 0 Å². The van der Waals surface area contributed by atoms with Crippen LogP contribution in [0.1, 0.15) is 20.8 Å². The molecule has 1 N–H and O–H groups in total. The van der Waals surface area contributed by atoms with E-state index in [-0.39, 0.29) is 0 Å². The highest BCUT2D eigenvalue weighted by Gasteiger charge is 2.17. The van der Waals surface area contributed by atoms with E-state index in [1.54, 1.807) is 20.8 Å². The molecular weight excluding hydrogens is 295 g/mol. The quantitative estimate of drug-likeness (QED) is 0.802. The molecule has 88 valence electrons. The van der Waals surface area contributed by atoms with Crippen molar-refractivity contribution in [3.05, 3.63) is 21.9 Å². The van der Waals surface area contributed by atoms with Crippen molar-refractivity contribution in [2.24, 2.45) is 0 Å². The lowest BCUT2D eigenvalue weighted by atomic mass is 10.2. The normalized spacial score (nSPS) is 11.1. The van der Waals surface area contributed by atoms with E-state index in [9.17, 15) is 4.79 Å². The zero-order valence-electron chi connectivity index (χ0n) is 9.17. The first-order chi connectivity index (χ1) is 7.28. The molecule has 0 fully saturated rings. The summed E-state index contributed by atoms with van der Waals surface area (Å²) in [4.78, 5) is 15.3. The standard InChI is InChI=1S/C10H12BrClN2O2/c1-10(2,3)16-9(15)14-7-4-8(12)13-5-6(7)11/h4-5H,1-3H3,(H,13,14,15). The summed E-state index contributed by atoms with van der Waals surface area (Å²) < 4.78 is 5.74. The van der Waals surface area contributed by atoms with Gasteiger partial charge in [-0.15, -0.1) is 0 Å². The summed E-state index contributed by atoms with van der Waals surface area (Å²) >= 11 is 8.96. The summed E-state index contributed by atoms with van der Waals surface area (Å²) in [6.45, 7) is 5.38. The Morgan fingerprint density at radius 2 is 2.19 bits per heavy atom. The number of halogens is 2. The van der Waals surface area contributed by atoms with E-state index < -0.39 is 11.7 Å². The van der Waals surface area contributed by atoms with Gasteiger partial charge in [0, 0.05) is 12.3 Å². The maximum absolute atomic E-state index is 11.5. The zero-order chi connectivity index (χ0) is 12.3. The fraction of sp³-hybridized carbons (Fsp3) is 0.400. The number of nitrogens with zero attached hydrogens (tertiary/aromatic N) is 1. The third kappa shape index (κ3) is 4.37. The summed E-state index contributed by atoms with van der Waals surface area (Å²) in [7, 11) is 0. The van der Waals surface area contributed by atoms with Gasteiger partial charge in [0.25, 0.3) is 0 Å². The van der Waals surface area contributed by atoms with E-state index in [1.807, 2.05) is 0 Å². The van der Waals surface area contributed by atoms with Crippen molar-refractivity contribution in [1.29, 1.82) is 0 Å². The van der Waals surface area contributed by atoms with Crippen LogP contribution in [0.15, 0.2) is 16.7 Å². The molecule has 0 aliphatic carbocycles. The molecule has 1 rings (SSSR count). The van der Waals surface area contributed by atoms with Crippen LogP contribution < -0.4 is 5.32 Å². The van der Waals surface area contributed by atoms with Gasteiger partial charge < -0.3 is 4.74 Å². The predicted octanol–water partition coefficient (Wildman–Crippen LogP) is 3.84. The summed E-state index contributed by atoms with van der Waals surface area (Å²) in [5.41, 5.74) is -0.0119.